The van der Waals surface area contributed by atoms with Gasteiger partial charge in [0, 0.05) is 23.4 Å². The highest BCUT2D eigenvalue weighted by Crippen LogP contribution is 2.31. The van der Waals surface area contributed by atoms with Crippen molar-refractivity contribution in [3.8, 4) is 11.5 Å². The zero-order valence-corrected chi connectivity index (χ0v) is 17.2. The summed E-state index contributed by atoms with van der Waals surface area (Å²) < 4.78 is 35.7. The molecular formula is C21H25F2N2O3S+. The van der Waals surface area contributed by atoms with Gasteiger partial charge in [0.15, 0.2) is 6.54 Å². The van der Waals surface area contributed by atoms with Crippen molar-refractivity contribution in [2.75, 3.05) is 32.6 Å². The predicted molar refractivity (Wildman–Crippen MR) is 109 cm³/mol. The van der Waals surface area contributed by atoms with Crippen molar-refractivity contribution in [1.29, 1.82) is 0 Å². The van der Waals surface area contributed by atoms with Gasteiger partial charge in [0.25, 0.3) is 11.7 Å². The number of ether oxygens (including phenoxy) is 2. The van der Waals surface area contributed by atoms with E-state index in [4.69, 9.17) is 9.47 Å². The number of alkyl halides is 2. The number of benzene rings is 2. The highest BCUT2D eigenvalue weighted by molar-refractivity contribution is 7.99. The second-order valence-corrected chi connectivity index (χ2v) is 7.90. The van der Waals surface area contributed by atoms with Gasteiger partial charge in [-0.1, -0.05) is 11.8 Å². The standard InChI is InChI=1S/C21H24F2N2O3S/c1-27-15-7-10-19(28-2)17(12-15)18-4-3-11-25(18)13-20(26)24-14-5-8-16(9-6-14)29-21(22)23/h5-10,12,18,21H,3-4,11,13H2,1-2H3,(H,24,26)/p+1/t18-/m0/s1. The van der Waals surface area contributed by atoms with Crippen LogP contribution >= 0.6 is 11.8 Å². The van der Waals surface area contributed by atoms with Crippen LogP contribution in [0.5, 0.6) is 11.5 Å². The summed E-state index contributed by atoms with van der Waals surface area (Å²) in [5, 5.41) is 2.86. The highest BCUT2D eigenvalue weighted by atomic mass is 32.2. The van der Waals surface area contributed by atoms with Gasteiger partial charge in [0.1, 0.15) is 17.5 Å². The van der Waals surface area contributed by atoms with E-state index in [1.54, 1.807) is 38.5 Å². The van der Waals surface area contributed by atoms with Crippen molar-refractivity contribution in [1.82, 2.24) is 0 Å². The van der Waals surface area contributed by atoms with E-state index in [-0.39, 0.29) is 11.9 Å². The van der Waals surface area contributed by atoms with E-state index in [1.165, 1.54) is 4.90 Å². The van der Waals surface area contributed by atoms with Crippen LogP contribution in [0, 0.1) is 0 Å². The van der Waals surface area contributed by atoms with E-state index in [0.717, 1.165) is 36.4 Å². The van der Waals surface area contributed by atoms with Crippen LogP contribution in [-0.4, -0.2) is 39.0 Å². The number of carbonyl (C=O) groups excluding carboxylic acids is 1. The minimum atomic E-state index is -2.46. The molecule has 1 saturated heterocycles. The topological polar surface area (TPSA) is 52.0 Å². The lowest BCUT2D eigenvalue weighted by Crippen LogP contribution is -3.11. The highest BCUT2D eigenvalue weighted by Gasteiger charge is 2.34. The van der Waals surface area contributed by atoms with Gasteiger partial charge in [0.2, 0.25) is 0 Å². The minimum Gasteiger partial charge on any atom is -0.497 e. The third-order valence-corrected chi connectivity index (χ3v) is 5.77. The van der Waals surface area contributed by atoms with E-state index in [1.807, 2.05) is 18.2 Å². The molecule has 1 heterocycles. The molecule has 1 aliphatic heterocycles. The summed E-state index contributed by atoms with van der Waals surface area (Å²) in [5.41, 5.74) is 1.64. The van der Waals surface area contributed by atoms with Crippen LogP contribution < -0.4 is 19.7 Å². The van der Waals surface area contributed by atoms with Crippen molar-refractivity contribution in [3.05, 3.63) is 48.0 Å². The smallest absolute Gasteiger partial charge is 0.288 e. The molecule has 0 bridgehead atoms. The number of carbonyl (C=O) groups is 1. The maximum absolute atomic E-state index is 12.6. The number of amides is 1. The van der Waals surface area contributed by atoms with Crippen LogP contribution in [0.4, 0.5) is 14.5 Å². The molecule has 0 spiro atoms. The number of anilines is 1. The van der Waals surface area contributed by atoms with Crippen molar-refractivity contribution >= 4 is 23.4 Å². The molecule has 0 radical (unpaired) electrons. The number of rotatable bonds is 8. The summed E-state index contributed by atoms with van der Waals surface area (Å²) in [6, 6.07) is 12.3. The number of thioether (sulfide) groups is 1. The van der Waals surface area contributed by atoms with Gasteiger partial charge in [-0.3, -0.25) is 4.79 Å². The maximum Gasteiger partial charge on any atom is 0.288 e. The average Bonchev–Trinajstić information content (AvgIpc) is 3.16. The molecule has 29 heavy (non-hydrogen) atoms. The van der Waals surface area contributed by atoms with Crippen molar-refractivity contribution < 1.29 is 27.9 Å². The maximum atomic E-state index is 12.6. The normalized spacial score (nSPS) is 18.7. The zero-order valence-electron chi connectivity index (χ0n) is 16.4. The van der Waals surface area contributed by atoms with Crippen LogP contribution in [0.15, 0.2) is 47.4 Å². The predicted octanol–water partition coefficient (Wildman–Crippen LogP) is 3.38. The molecule has 2 N–H and O–H groups in total. The molecule has 0 saturated carbocycles. The second kappa shape index (κ2) is 9.93. The molecule has 1 aliphatic rings. The molecule has 0 aliphatic carbocycles. The fourth-order valence-electron chi connectivity index (χ4n) is 3.74. The molecule has 8 heteroatoms. The molecule has 1 unspecified atom stereocenters. The van der Waals surface area contributed by atoms with Gasteiger partial charge in [-0.05, 0) is 42.5 Å². The monoisotopic (exact) mass is 423 g/mol. The molecular weight excluding hydrogens is 398 g/mol. The first kappa shape index (κ1) is 21.4. The fourth-order valence-corrected chi connectivity index (χ4v) is 4.24. The van der Waals surface area contributed by atoms with E-state index >= 15 is 0 Å². The van der Waals surface area contributed by atoms with Crippen LogP contribution in [0.2, 0.25) is 0 Å². The van der Waals surface area contributed by atoms with Gasteiger partial charge in [-0.15, -0.1) is 0 Å². The van der Waals surface area contributed by atoms with E-state index in [2.05, 4.69) is 5.32 Å². The number of quaternary nitrogens is 1. The zero-order chi connectivity index (χ0) is 20.8. The van der Waals surface area contributed by atoms with Gasteiger partial charge < -0.3 is 19.7 Å². The number of likely N-dealkylation sites (tertiary alicyclic amines) is 1. The second-order valence-electron chi connectivity index (χ2n) is 6.84. The molecule has 2 aromatic rings. The molecule has 1 amide bonds. The molecule has 2 atom stereocenters. The first-order chi connectivity index (χ1) is 14.0. The van der Waals surface area contributed by atoms with E-state index in [9.17, 15) is 13.6 Å². The van der Waals surface area contributed by atoms with Gasteiger partial charge in [0.05, 0.1) is 26.3 Å². The van der Waals surface area contributed by atoms with Crippen molar-refractivity contribution in [2.45, 2.75) is 29.5 Å². The van der Waals surface area contributed by atoms with Crippen molar-refractivity contribution in [2.24, 2.45) is 0 Å². The lowest BCUT2D eigenvalue weighted by molar-refractivity contribution is -0.910. The number of methoxy groups -OCH3 is 2. The molecule has 156 valence electrons. The minimum absolute atomic E-state index is 0.108. The third-order valence-electron chi connectivity index (χ3n) is 5.05. The Morgan fingerprint density at radius 3 is 2.62 bits per heavy atom. The average molecular weight is 424 g/mol. The number of halogens is 2. The third kappa shape index (κ3) is 5.61. The summed E-state index contributed by atoms with van der Waals surface area (Å²) >= 11 is 0.484. The first-order valence-corrected chi connectivity index (χ1v) is 10.3. The number of hydrogen-bond acceptors (Lipinski definition) is 4. The lowest BCUT2D eigenvalue weighted by Gasteiger charge is -2.23. The van der Waals surface area contributed by atoms with Gasteiger partial charge >= 0.3 is 0 Å². The summed E-state index contributed by atoms with van der Waals surface area (Å²) in [5.74, 6) is -1.01. The van der Waals surface area contributed by atoms with E-state index in [0.29, 0.717) is 28.9 Å². The van der Waals surface area contributed by atoms with Crippen molar-refractivity contribution in [3.63, 3.8) is 0 Å². The molecule has 2 aromatic carbocycles. The first-order valence-electron chi connectivity index (χ1n) is 9.41. The number of hydrogen-bond donors (Lipinski definition) is 2. The number of nitrogens with one attached hydrogen (secondary N) is 2. The van der Waals surface area contributed by atoms with Crippen LogP contribution in [0.25, 0.3) is 0 Å². The lowest BCUT2D eigenvalue weighted by atomic mass is 10.0. The summed E-state index contributed by atoms with van der Waals surface area (Å²) in [6.45, 7) is 1.21. The van der Waals surface area contributed by atoms with Crippen LogP contribution in [-0.2, 0) is 4.79 Å². The molecule has 1 fully saturated rings. The summed E-state index contributed by atoms with van der Waals surface area (Å²) in [6.07, 6.45) is 1.99. The summed E-state index contributed by atoms with van der Waals surface area (Å²) in [7, 11) is 3.27. The van der Waals surface area contributed by atoms with Gasteiger partial charge in [-0.25, -0.2) is 0 Å². The Morgan fingerprint density at radius 1 is 1.21 bits per heavy atom. The Morgan fingerprint density at radius 2 is 1.97 bits per heavy atom. The largest absolute Gasteiger partial charge is 0.497 e. The summed E-state index contributed by atoms with van der Waals surface area (Å²) in [4.78, 5) is 14.2. The Balaban J connectivity index is 1.65. The molecule has 5 nitrogen and oxygen atoms in total. The Hall–Kier alpha value is -2.32. The Labute approximate surface area is 173 Å². The molecule has 3 rings (SSSR count). The quantitative estimate of drug-likeness (QED) is 0.640. The Bertz CT molecular complexity index is 833. The molecule has 0 aromatic heterocycles. The van der Waals surface area contributed by atoms with Crippen LogP contribution in [0.1, 0.15) is 24.4 Å². The fraction of sp³-hybridized carbons (Fsp3) is 0.381. The van der Waals surface area contributed by atoms with Crippen LogP contribution in [0.3, 0.4) is 0 Å². The Kier molecular flexibility index (Phi) is 7.33. The van der Waals surface area contributed by atoms with Gasteiger partial charge in [-0.2, -0.15) is 8.78 Å². The van der Waals surface area contributed by atoms with E-state index < -0.39 is 5.76 Å². The SMILES string of the molecule is COc1ccc(OC)c([C@@H]2CCC[NH+]2CC(=O)Nc2ccc(SC(F)F)cc2)c1.